The van der Waals surface area contributed by atoms with Crippen LogP contribution < -0.4 is 0 Å². The molecule has 0 unspecified atom stereocenters. The zero-order valence-corrected chi connectivity index (χ0v) is 15.2. The number of benzene rings is 1. The van der Waals surface area contributed by atoms with Gasteiger partial charge in [-0.1, -0.05) is 23.7 Å². The molecule has 1 radical (unpaired) electrons. The van der Waals surface area contributed by atoms with Crippen LogP contribution in [0.5, 0.6) is 0 Å². The van der Waals surface area contributed by atoms with E-state index in [9.17, 15) is 21.6 Å². The molecule has 0 bridgehead atoms. The van der Waals surface area contributed by atoms with Crippen molar-refractivity contribution in [3.63, 3.8) is 0 Å². The van der Waals surface area contributed by atoms with Gasteiger partial charge < -0.3 is 4.57 Å². The van der Waals surface area contributed by atoms with E-state index in [1.54, 1.807) is 0 Å². The molecule has 119 valence electrons. The Morgan fingerprint density at radius 1 is 1.14 bits per heavy atom. The summed E-state index contributed by atoms with van der Waals surface area (Å²) in [5.41, 5.74) is -5.40. The maximum Gasteiger partial charge on any atom is 0.502 e. The van der Waals surface area contributed by atoms with Crippen LogP contribution in [0.2, 0.25) is 5.02 Å². The minimum absolute atomic E-state index is 0.0697. The summed E-state index contributed by atoms with van der Waals surface area (Å²) < 4.78 is 63.4. The molecule has 3 nitrogen and oxygen atoms in total. The molecule has 0 saturated carbocycles. The third-order valence-electron chi connectivity index (χ3n) is 2.79. The Morgan fingerprint density at radius 2 is 1.64 bits per heavy atom. The number of nitrogens with zero attached hydrogens (tertiary/aromatic N) is 1. The van der Waals surface area contributed by atoms with Gasteiger partial charge in [0.1, 0.15) is 9.50 Å². The van der Waals surface area contributed by atoms with E-state index in [0.717, 1.165) is 4.57 Å². The van der Waals surface area contributed by atoms with Gasteiger partial charge in [0.2, 0.25) is 0 Å². The second kappa shape index (κ2) is 5.85. The van der Waals surface area contributed by atoms with Gasteiger partial charge >= 0.3 is 5.51 Å². The highest BCUT2D eigenvalue weighted by molar-refractivity contribution is 9.13. The molecular weight excluding hydrogens is 474 g/mol. The molecule has 0 amide bonds. The van der Waals surface area contributed by atoms with Crippen molar-refractivity contribution in [2.45, 2.75) is 10.4 Å². The van der Waals surface area contributed by atoms with Crippen LogP contribution in [0.25, 0.3) is 11.3 Å². The van der Waals surface area contributed by atoms with E-state index >= 15 is 0 Å². The zero-order chi connectivity index (χ0) is 16.9. The Kier molecular flexibility index (Phi) is 4.74. The van der Waals surface area contributed by atoms with Gasteiger partial charge in [-0.15, -0.1) is 0 Å². The molecule has 0 N–H and O–H groups in total. The molecule has 1 aromatic carbocycles. The highest BCUT2D eigenvalue weighted by atomic mass is 79.9. The molecule has 0 aliphatic heterocycles. The predicted molar refractivity (Wildman–Crippen MR) is 84.3 cm³/mol. The lowest BCUT2D eigenvalue weighted by Gasteiger charge is -2.11. The molecule has 0 aliphatic rings. The Balaban J connectivity index is 2.87. The minimum Gasteiger partial charge on any atom is -0.331 e. The fourth-order valence-corrected chi connectivity index (χ4v) is 4.51. The lowest BCUT2D eigenvalue weighted by atomic mass is 10.1. The number of alkyl halides is 3. The fourth-order valence-electron chi connectivity index (χ4n) is 1.79. The first-order valence-electron chi connectivity index (χ1n) is 5.46. The molecule has 0 aliphatic carbocycles. The summed E-state index contributed by atoms with van der Waals surface area (Å²) in [6.45, 7) is 0. The number of rotatable bonds is 2. The standard InChI is InChI=1S/C12H6Br2ClF3NO2S/c1-19-9(6-2-4-7(15)5-3-6)10(8(13)11(19)14)22(20,21)12(16,17)18/h2-5H,1H2. The smallest absolute Gasteiger partial charge is 0.331 e. The maximum atomic E-state index is 12.9. The van der Waals surface area contributed by atoms with Crippen molar-refractivity contribution in [2.24, 2.45) is 0 Å². The summed E-state index contributed by atoms with van der Waals surface area (Å²) >= 11 is 11.6. The monoisotopic (exact) mass is 478 g/mol. The average molecular weight is 481 g/mol. The van der Waals surface area contributed by atoms with Crippen LogP contribution >= 0.6 is 43.5 Å². The van der Waals surface area contributed by atoms with E-state index in [1.165, 1.54) is 24.3 Å². The van der Waals surface area contributed by atoms with E-state index in [-0.39, 0.29) is 20.3 Å². The maximum absolute atomic E-state index is 12.9. The van der Waals surface area contributed by atoms with Gasteiger partial charge in [0, 0.05) is 12.1 Å². The Bertz CT molecular complexity index is 830. The number of sulfone groups is 1. The van der Waals surface area contributed by atoms with E-state index < -0.39 is 20.2 Å². The molecule has 2 rings (SSSR count). The molecule has 22 heavy (non-hydrogen) atoms. The number of hydrogen-bond acceptors (Lipinski definition) is 2. The van der Waals surface area contributed by atoms with Gasteiger partial charge in [-0.05, 0) is 49.6 Å². The van der Waals surface area contributed by atoms with Crippen LogP contribution in [0.3, 0.4) is 0 Å². The van der Waals surface area contributed by atoms with E-state index in [4.69, 9.17) is 11.6 Å². The zero-order valence-electron chi connectivity index (χ0n) is 10.5. The predicted octanol–water partition coefficient (Wildman–Crippen LogP) is 5.27. The summed E-state index contributed by atoms with van der Waals surface area (Å²) in [6.07, 6.45) is 0. The van der Waals surface area contributed by atoms with Crippen molar-refractivity contribution in [1.29, 1.82) is 0 Å². The number of halogens is 6. The third kappa shape index (κ3) is 2.83. The number of hydrogen-bond donors (Lipinski definition) is 0. The summed E-state index contributed by atoms with van der Waals surface area (Å²) in [5.74, 6) is 0. The summed E-state index contributed by atoms with van der Waals surface area (Å²) in [7, 11) is -2.00. The lowest BCUT2D eigenvalue weighted by Crippen LogP contribution is -2.24. The Morgan fingerprint density at radius 3 is 2.09 bits per heavy atom. The molecule has 0 spiro atoms. The molecule has 10 heteroatoms. The number of aromatic nitrogens is 1. The highest BCUT2D eigenvalue weighted by Crippen LogP contribution is 2.45. The molecule has 1 aromatic heterocycles. The van der Waals surface area contributed by atoms with Gasteiger partial charge in [0.15, 0.2) is 0 Å². The van der Waals surface area contributed by atoms with Crippen LogP contribution in [-0.2, 0) is 9.84 Å². The second-order valence-electron chi connectivity index (χ2n) is 4.17. The summed E-state index contributed by atoms with van der Waals surface area (Å²) in [5, 5.41) is 0.365. The van der Waals surface area contributed by atoms with Crippen molar-refractivity contribution in [3.8, 4) is 11.3 Å². The first kappa shape index (κ1) is 17.8. The first-order chi connectivity index (χ1) is 9.98. The highest BCUT2D eigenvalue weighted by Gasteiger charge is 2.50. The molecule has 2 aromatic rings. The van der Waals surface area contributed by atoms with E-state index in [1.807, 2.05) is 0 Å². The van der Waals surface area contributed by atoms with Crippen LogP contribution in [0.1, 0.15) is 0 Å². The molecule has 0 saturated heterocycles. The normalized spacial score (nSPS) is 12.7. The SMILES string of the molecule is [CH2]n1c(Br)c(Br)c(S(=O)(=O)C(F)(F)F)c1-c1ccc(Cl)cc1. The largest absolute Gasteiger partial charge is 0.502 e. The van der Waals surface area contributed by atoms with Gasteiger partial charge in [0.25, 0.3) is 9.84 Å². The first-order valence-corrected chi connectivity index (χ1v) is 8.91. The molecule has 0 fully saturated rings. The van der Waals surface area contributed by atoms with Crippen molar-refractivity contribution in [2.75, 3.05) is 0 Å². The Labute approximate surface area is 146 Å². The summed E-state index contributed by atoms with van der Waals surface area (Å²) in [6, 6.07) is 5.70. The van der Waals surface area contributed by atoms with Crippen molar-refractivity contribution in [3.05, 3.63) is 45.4 Å². The van der Waals surface area contributed by atoms with Crippen molar-refractivity contribution < 1.29 is 21.6 Å². The Hall–Kier alpha value is -0.510. The molecule has 1 heterocycles. The van der Waals surface area contributed by atoms with Gasteiger partial charge in [0.05, 0.1) is 10.2 Å². The van der Waals surface area contributed by atoms with Crippen LogP contribution in [0.15, 0.2) is 38.2 Å². The lowest BCUT2D eigenvalue weighted by molar-refractivity contribution is -0.0436. The summed E-state index contributed by atoms with van der Waals surface area (Å²) in [4.78, 5) is -0.899. The van der Waals surface area contributed by atoms with Crippen LogP contribution in [0.4, 0.5) is 13.2 Å². The van der Waals surface area contributed by atoms with Gasteiger partial charge in [-0.2, -0.15) is 13.2 Å². The minimum atomic E-state index is -5.57. The van der Waals surface area contributed by atoms with Gasteiger partial charge in [-0.25, -0.2) is 8.42 Å². The second-order valence-corrected chi connectivity index (χ2v) is 8.03. The van der Waals surface area contributed by atoms with Crippen LogP contribution in [-0.4, -0.2) is 18.5 Å². The van der Waals surface area contributed by atoms with Crippen molar-refractivity contribution in [1.82, 2.24) is 4.57 Å². The van der Waals surface area contributed by atoms with Gasteiger partial charge in [-0.3, -0.25) is 0 Å². The van der Waals surface area contributed by atoms with E-state index in [2.05, 4.69) is 38.9 Å². The van der Waals surface area contributed by atoms with Crippen LogP contribution in [0, 0.1) is 7.05 Å². The molecular formula is C12H6Br2ClF3NO2S. The quantitative estimate of drug-likeness (QED) is 0.588. The van der Waals surface area contributed by atoms with Crippen molar-refractivity contribution >= 4 is 53.3 Å². The average Bonchev–Trinajstić information content (AvgIpc) is 2.63. The topological polar surface area (TPSA) is 39.1 Å². The third-order valence-corrected chi connectivity index (χ3v) is 6.98. The molecule has 0 atom stereocenters. The van der Waals surface area contributed by atoms with E-state index in [0.29, 0.717) is 5.02 Å². The fraction of sp³-hybridized carbons (Fsp3) is 0.0833.